The predicted molar refractivity (Wildman–Crippen MR) is 118 cm³/mol. The van der Waals surface area contributed by atoms with Crippen LogP contribution in [-0.4, -0.2) is 36.1 Å². The smallest absolute Gasteiger partial charge is 0.255 e. The molecule has 0 aliphatic carbocycles. The maximum atomic E-state index is 12.4. The van der Waals surface area contributed by atoms with Crippen LogP contribution in [0, 0.1) is 0 Å². The fourth-order valence-corrected chi connectivity index (χ4v) is 4.35. The van der Waals surface area contributed by atoms with Gasteiger partial charge in [-0.05, 0) is 35.4 Å². The van der Waals surface area contributed by atoms with Gasteiger partial charge in [0.2, 0.25) is 10.0 Å². The SMILES string of the molecule is C=CCNS(=O)(=O)Cc1ccc(NC(=O)c2ccc(CSc3ncn[nH]3)cc2)cc1. The lowest BCUT2D eigenvalue weighted by Crippen LogP contribution is -2.25. The summed E-state index contributed by atoms with van der Waals surface area (Å²) in [7, 11) is -3.42. The second-order valence-corrected chi connectivity index (χ2v) is 9.09. The Kier molecular flexibility index (Phi) is 7.39. The molecule has 3 rings (SSSR count). The molecule has 0 atom stereocenters. The second-order valence-electron chi connectivity index (χ2n) is 6.32. The van der Waals surface area contributed by atoms with E-state index in [4.69, 9.17) is 0 Å². The lowest BCUT2D eigenvalue weighted by Gasteiger charge is -2.08. The van der Waals surface area contributed by atoms with Crippen molar-refractivity contribution in [1.82, 2.24) is 19.9 Å². The molecule has 3 aromatic rings. The average molecular weight is 444 g/mol. The van der Waals surface area contributed by atoms with Crippen molar-refractivity contribution in [2.45, 2.75) is 16.7 Å². The van der Waals surface area contributed by atoms with Gasteiger partial charge in [-0.25, -0.2) is 18.1 Å². The van der Waals surface area contributed by atoms with Gasteiger partial charge < -0.3 is 5.32 Å². The van der Waals surface area contributed by atoms with Crippen LogP contribution in [0.25, 0.3) is 0 Å². The van der Waals surface area contributed by atoms with E-state index >= 15 is 0 Å². The molecule has 2 aromatic carbocycles. The van der Waals surface area contributed by atoms with Crippen molar-refractivity contribution in [3.63, 3.8) is 0 Å². The van der Waals surface area contributed by atoms with Gasteiger partial charge in [0.05, 0.1) is 5.75 Å². The Hall–Kier alpha value is -2.95. The third-order valence-corrected chi connectivity index (χ3v) is 6.27. The van der Waals surface area contributed by atoms with Crippen LogP contribution in [0.4, 0.5) is 5.69 Å². The molecule has 1 heterocycles. The molecule has 0 spiro atoms. The van der Waals surface area contributed by atoms with Crippen molar-refractivity contribution in [1.29, 1.82) is 0 Å². The number of hydrogen-bond acceptors (Lipinski definition) is 6. The zero-order valence-electron chi connectivity index (χ0n) is 16.0. The molecule has 0 aliphatic rings. The number of amides is 1. The maximum absolute atomic E-state index is 12.4. The van der Waals surface area contributed by atoms with Crippen LogP contribution in [-0.2, 0) is 21.5 Å². The van der Waals surface area contributed by atoms with Gasteiger partial charge in [0.15, 0.2) is 5.16 Å². The van der Waals surface area contributed by atoms with Gasteiger partial charge in [-0.3, -0.25) is 9.89 Å². The van der Waals surface area contributed by atoms with Gasteiger partial charge in [0.1, 0.15) is 6.33 Å². The number of rotatable bonds is 10. The molecular formula is C20H21N5O3S2. The van der Waals surface area contributed by atoms with Crippen LogP contribution in [0.2, 0.25) is 0 Å². The van der Waals surface area contributed by atoms with Crippen molar-refractivity contribution in [2.24, 2.45) is 0 Å². The van der Waals surface area contributed by atoms with E-state index in [0.29, 0.717) is 22.6 Å². The predicted octanol–water partition coefficient (Wildman–Crippen LogP) is 2.95. The number of H-pyrrole nitrogens is 1. The maximum Gasteiger partial charge on any atom is 0.255 e. The fourth-order valence-electron chi connectivity index (χ4n) is 2.51. The molecule has 30 heavy (non-hydrogen) atoms. The highest BCUT2D eigenvalue weighted by atomic mass is 32.2. The standard InChI is InChI=1S/C20H21N5O3S2/c1-2-11-23-30(27,28)13-16-5-9-18(10-6-16)24-19(26)17-7-3-15(4-8-17)12-29-20-21-14-22-25-20/h2-10,14,23H,1,11-13H2,(H,24,26)(H,21,22,25). The summed E-state index contributed by atoms with van der Waals surface area (Å²) in [6, 6.07) is 14.0. The van der Waals surface area contributed by atoms with Gasteiger partial charge in [-0.2, -0.15) is 5.10 Å². The first-order valence-corrected chi connectivity index (χ1v) is 11.6. The monoisotopic (exact) mass is 443 g/mol. The topological polar surface area (TPSA) is 117 Å². The average Bonchev–Trinajstić information content (AvgIpc) is 3.26. The number of nitrogens with one attached hydrogen (secondary N) is 3. The minimum Gasteiger partial charge on any atom is -0.322 e. The van der Waals surface area contributed by atoms with E-state index in [1.807, 2.05) is 12.1 Å². The lowest BCUT2D eigenvalue weighted by atomic mass is 10.1. The number of sulfonamides is 1. The Morgan fingerprint density at radius 2 is 1.80 bits per heavy atom. The van der Waals surface area contributed by atoms with Crippen molar-refractivity contribution >= 4 is 33.4 Å². The molecule has 3 N–H and O–H groups in total. The molecule has 0 fully saturated rings. The van der Waals surface area contributed by atoms with E-state index in [1.54, 1.807) is 36.4 Å². The number of aromatic amines is 1. The van der Waals surface area contributed by atoms with Gasteiger partial charge in [0.25, 0.3) is 5.91 Å². The van der Waals surface area contributed by atoms with Crippen LogP contribution >= 0.6 is 11.8 Å². The highest BCUT2D eigenvalue weighted by molar-refractivity contribution is 7.98. The third kappa shape index (κ3) is 6.55. The molecule has 0 unspecified atom stereocenters. The minimum absolute atomic E-state index is 0.136. The largest absolute Gasteiger partial charge is 0.322 e. The van der Waals surface area contributed by atoms with E-state index in [2.05, 4.69) is 31.8 Å². The van der Waals surface area contributed by atoms with Crippen LogP contribution in [0.1, 0.15) is 21.5 Å². The molecule has 0 bridgehead atoms. The third-order valence-electron chi connectivity index (χ3n) is 4.00. The summed E-state index contributed by atoms with van der Waals surface area (Å²) in [5, 5.41) is 10.1. The molecule has 0 saturated carbocycles. The summed E-state index contributed by atoms with van der Waals surface area (Å²) in [6.07, 6.45) is 2.94. The quantitative estimate of drug-likeness (QED) is 0.328. The summed E-state index contributed by atoms with van der Waals surface area (Å²) < 4.78 is 26.2. The zero-order chi connectivity index (χ0) is 21.4. The Balaban J connectivity index is 1.54. The van der Waals surface area contributed by atoms with Gasteiger partial charge in [-0.1, -0.05) is 42.1 Å². The van der Waals surface area contributed by atoms with E-state index in [0.717, 1.165) is 10.7 Å². The van der Waals surface area contributed by atoms with E-state index in [1.165, 1.54) is 24.2 Å². The first-order valence-electron chi connectivity index (χ1n) is 9.01. The first kappa shape index (κ1) is 21.8. The molecular weight excluding hydrogens is 422 g/mol. The number of thioether (sulfide) groups is 1. The molecule has 156 valence electrons. The Labute approximate surface area is 179 Å². The number of anilines is 1. The van der Waals surface area contributed by atoms with Gasteiger partial charge in [0, 0.05) is 23.5 Å². The van der Waals surface area contributed by atoms with Crippen molar-refractivity contribution in [3.05, 3.63) is 84.2 Å². The Bertz CT molecular complexity index is 1080. The van der Waals surface area contributed by atoms with Gasteiger partial charge >= 0.3 is 0 Å². The number of nitrogens with zero attached hydrogens (tertiary/aromatic N) is 2. The summed E-state index contributed by atoms with van der Waals surface area (Å²) in [6.45, 7) is 3.67. The first-order chi connectivity index (χ1) is 14.4. The second kappa shape index (κ2) is 10.2. The van der Waals surface area contributed by atoms with Crippen LogP contribution in [0.3, 0.4) is 0 Å². The molecule has 0 radical (unpaired) electrons. The molecule has 0 saturated heterocycles. The molecule has 8 nitrogen and oxygen atoms in total. The summed E-state index contributed by atoms with van der Waals surface area (Å²) in [5.41, 5.74) is 2.80. The van der Waals surface area contributed by atoms with E-state index in [-0.39, 0.29) is 18.2 Å². The van der Waals surface area contributed by atoms with Crippen molar-refractivity contribution in [2.75, 3.05) is 11.9 Å². The zero-order valence-corrected chi connectivity index (χ0v) is 17.7. The number of hydrogen-bond donors (Lipinski definition) is 3. The summed E-state index contributed by atoms with van der Waals surface area (Å²) in [4.78, 5) is 16.5. The normalized spacial score (nSPS) is 11.2. The van der Waals surface area contributed by atoms with Crippen molar-refractivity contribution in [3.8, 4) is 0 Å². The molecule has 1 amide bonds. The summed E-state index contributed by atoms with van der Waals surface area (Å²) >= 11 is 1.52. The molecule has 0 aliphatic heterocycles. The minimum atomic E-state index is -3.42. The number of benzene rings is 2. The van der Waals surface area contributed by atoms with E-state index < -0.39 is 10.0 Å². The summed E-state index contributed by atoms with van der Waals surface area (Å²) in [5.74, 6) is 0.337. The molecule has 1 aromatic heterocycles. The van der Waals surface area contributed by atoms with E-state index in [9.17, 15) is 13.2 Å². The molecule has 10 heteroatoms. The van der Waals surface area contributed by atoms with Crippen LogP contribution < -0.4 is 10.0 Å². The van der Waals surface area contributed by atoms with Crippen LogP contribution in [0.15, 0.2) is 72.7 Å². The number of aromatic nitrogens is 3. The Morgan fingerprint density at radius 1 is 1.10 bits per heavy atom. The lowest BCUT2D eigenvalue weighted by molar-refractivity contribution is 0.102. The van der Waals surface area contributed by atoms with Gasteiger partial charge in [-0.15, -0.1) is 6.58 Å². The van der Waals surface area contributed by atoms with Crippen LogP contribution in [0.5, 0.6) is 0 Å². The number of carbonyl (C=O) groups excluding carboxylic acids is 1. The highest BCUT2D eigenvalue weighted by Crippen LogP contribution is 2.19. The van der Waals surface area contributed by atoms with Crippen molar-refractivity contribution < 1.29 is 13.2 Å². The Morgan fingerprint density at radius 3 is 2.43 bits per heavy atom. The highest BCUT2D eigenvalue weighted by Gasteiger charge is 2.11. The number of carbonyl (C=O) groups is 1. The fraction of sp³-hybridized carbons (Fsp3) is 0.150.